The largest absolute Gasteiger partial charge is 0.494 e. The van der Waals surface area contributed by atoms with Gasteiger partial charge in [0.25, 0.3) is 0 Å². The molecule has 0 spiro atoms. The number of rotatable bonds is 8. The Bertz CT molecular complexity index is 345. The molecule has 0 heterocycles. The summed E-state index contributed by atoms with van der Waals surface area (Å²) in [4.78, 5) is 0. The smallest absolute Gasteiger partial charge is 0.113 e. The summed E-state index contributed by atoms with van der Waals surface area (Å²) in [6.45, 7) is 10.6. The summed E-state index contributed by atoms with van der Waals surface area (Å²) in [7, 11) is 0.909. The van der Waals surface area contributed by atoms with E-state index in [2.05, 4.69) is 32.0 Å². The van der Waals surface area contributed by atoms with Gasteiger partial charge in [0, 0.05) is 6.42 Å². The predicted octanol–water partition coefficient (Wildman–Crippen LogP) is 4.36. The van der Waals surface area contributed by atoms with Crippen LogP contribution in [0.2, 0.25) is 0 Å². The van der Waals surface area contributed by atoms with E-state index >= 15 is 0 Å². The SMILES string of the molecule is C=CC(CCC(=C)OCc1ccccc1)PC. The van der Waals surface area contributed by atoms with Gasteiger partial charge in [0.2, 0.25) is 0 Å². The third kappa shape index (κ3) is 5.70. The first-order valence-electron chi connectivity index (χ1n) is 5.90. The molecular weight excluding hydrogens is 227 g/mol. The number of hydrogen-bond acceptors (Lipinski definition) is 1. The first-order chi connectivity index (χ1) is 8.26. The lowest BCUT2D eigenvalue weighted by Crippen LogP contribution is -1.98. The van der Waals surface area contributed by atoms with Crippen molar-refractivity contribution < 1.29 is 4.74 Å². The van der Waals surface area contributed by atoms with E-state index < -0.39 is 0 Å². The monoisotopic (exact) mass is 248 g/mol. The Hall–Kier alpha value is -1.07. The van der Waals surface area contributed by atoms with Gasteiger partial charge in [0.1, 0.15) is 6.61 Å². The van der Waals surface area contributed by atoms with Crippen molar-refractivity contribution in [1.82, 2.24) is 0 Å². The van der Waals surface area contributed by atoms with Gasteiger partial charge < -0.3 is 4.74 Å². The fourth-order valence-corrected chi connectivity index (χ4v) is 2.20. The normalized spacial score (nSPS) is 12.5. The van der Waals surface area contributed by atoms with E-state index in [0.717, 1.165) is 27.2 Å². The lowest BCUT2D eigenvalue weighted by atomic mass is 10.2. The lowest BCUT2D eigenvalue weighted by Gasteiger charge is -2.12. The second-order valence-electron chi connectivity index (χ2n) is 3.98. The molecule has 0 aliphatic carbocycles. The van der Waals surface area contributed by atoms with E-state index in [1.54, 1.807) is 0 Å². The summed E-state index contributed by atoms with van der Waals surface area (Å²) in [5, 5.41) is 0. The van der Waals surface area contributed by atoms with Crippen molar-refractivity contribution in [3.63, 3.8) is 0 Å². The van der Waals surface area contributed by atoms with Gasteiger partial charge >= 0.3 is 0 Å². The highest BCUT2D eigenvalue weighted by Crippen LogP contribution is 2.22. The molecule has 2 unspecified atom stereocenters. The average molecular weight is 248 g/mol. The van der Waals surface area contributed by atoms with Crippen LogP contribution in [-0.2, 0) is 11.3 Å². The van der Waals surface area contributed by atoms with Gasteiger partial charge in [-0.25, -0.2) is 0 Å². The predicted molar refractivity (Wildman–Crippen MR) is 77.8 cm³/mol. The highest BCUT2D eigenvalue weighted by Gasteiger charge is 2.03. The summed E-state index contributed by atoms with van der Waals surface area (Å²) in [6.07, 6.45) is 4.04. The molecule has 1 nitrogen and oxygen atoms in total. The minimum absolute atomic E-state index is 0.604. The van der Waals surface area contributed by atoms with E-state index in [1.807, 2.05) is 24.3 Å². The quantitative estimate of drug-likeness (QED) is 0.377. The number of allylic oxidation sites excluding steroid dienone is 2. The molecule has 0 aromatic heterocycles. The van der Waals surface area contributed by atoms with Crippen LogP contribution in [-0.4, -0.2) is 12.3 Å². The zero-order valence-electron chi connectivity index (χ0n) is 10.5. The fourth-order valence-electron chi connectivity index (χ4n) is 1.53. The zero-order chi connectivity index (χ0) is 12.5. The molecule has 2 heteroatoms. The highest BCUT2D eigenvalue weighted by molar-refractivity contribution is 7.38. The molecular formula is C15H21OP. The molecule has 1 aromatic carbocycles. The molecule has 0 amide bonds. The first-order valence-corrected chi connectivity index (χ1v) is 7.48. The summed E-state index contributed by atoms with van der Waals surface area (Å²) in [5.74, 6) is 0.874. The van der Waals surface area contributed by atoms with Gasteiger partial charge in [0.05, 0.1) is 5.76 Å². The first kappa shape index (κ1) is 14.0. The van der Waals surface area contributed by atoms with Gasteiger partial charge in [-0.2, -0.15) is 0 Å². The van der Waals surface area contributed by atoms with Crippen LogP contribution in [0.4, 0.5) is 0 Å². The molecule has 0 aliphatic rings. The van der Waals surface area contributed by atoms with E-state index in [9.17, 15) is 0 Å². The molecule has 0 saturated heterocycles. The minimum Gasteiger partial charge on any atom is -0.494 e. The average Bonchev–Trinajstić information content (AvgIpc) is 2.39. The Morgan fingerprint density at radius 3 is 2.71 bits per heavy atom. The van der Waals surface area contributed by atoms with Crippen LogP contribution >= 0.6 is 8.58 Å². The van der Waals surface area contributed by atoms with Crippen LogP contribution in [0.3, 0.4) is 0 Å². The van der Waals surface area contributed by atoms with E-state index in [-0.39, 0.29) is 0 Å². The Labute approximate surface area is 106 Å². The van der Waals surface area contributed by atoms with Crippen molar-refractivity contribution in [2.45, 2.75) is 25.1 Å². The van der Waals surface area contributed by atoms with Gasteiger partial charge in [-0.1, -0.05) is 43.0 Å². The standard InChI is InChI=1S/C15H21OP/c1-4-15(17-3)11-10-13(2)16-12-14-8-6-5-7-9-14/h4-9,15,17H,1-2,10-12H2,3H3. The maximum absolute atomic E-state index is 5.64. The number of ether oxygens (including phenoxy) is 1. The molecule has 0 saturated carbocycles. The third-order valence-electron chi connectivity index (χ3n) is 2.68. The molecule has 0 N–H and O–H groups in total. The van der Waals surface area contributed by atoms with Crippen molar-refractivity contribution in [3.05, 3.63) is 60.9 Å². The van der Waals surface area contributed by atoms with E-state index in [1.165, 1.54) is 5.56 Å². The summed E-state index contributed by atoms with van der Waals surface area (Å²) >= 11 is 0. The number of hydrogen-bond donors (Lipinski definition) is 0. The summed E-state index contributed by atoms with van der Waals surface area (Å²) in [5.41, 5.74) is 1.79. The van der Waals surface area contributed by atoms with Gasteiger partial charge in [0.15, 0.2) is 0 Å². The van der Waals surface area contributed by atoms with E-state index in [4.69, 9.17) is 4.74 Å². The van der Waals surface area contributed by atoms with Crippen LogP contribution in [0.1, 0.15) is 18.4 Å². The molecule has 2 atom stereocenters. The van der Waals surface area contributed by atoms with Gasteiger partial charge in [-0.15, -0.1) is 15.2 Å². The second kappa shape index (κ2) is 8.08. The Balaban J connectivity index is 2.24. The van der Waals surface area contributed by atoms with Crippen LogP contribution in [0.5, 0.6) is 0 Å². The van der Waals surface area contributed by atoms with Crippen molar-refractivity contribution in [1.29, 1.82) is 0 Å². The van der Waals surface area contributed by atoms with Crippen LogP contribution in [0.25, 0.3) is 0 Å². The van der Waals surface area contributed by atoms with Crippen molar-refractivity contribution in [2.75, 3.05) is 6.66 Å². The van der Waals surface area contributed by atoms with Crippen LogP contribution in [0, 0.1) is 0 Å². The second-order valence-corrected chi connectivity index (χ2v) is 5.30. The van der Waals surface area contributed by atoms with E-state index in [0.29, 0.717) is 12.3 Å². The maximum Gasteiger partial charge on any atom is 0.113 e. The Morgan fingerprint density at radius 2 is 2.12 bits per heavy atom. The number of benzene rings is 1. The van der Waals surface area contributed by atoms with Crippen molar-refractivity contribution in [3.8, 4) is 0 Å². The topological polar surface area (TPSA) is 9.23 Å². The molecule has 0 fully saturated rings. The van der Waals surface area contributed by atoms with Gasteiger partial charge in [-0.05, 0) is 24.3 Å². The maximum atomic E-state index is 5.64. The zero-order valence-corrected chi connectivity index (χ0v) is 11.5. The molecule has 1 aromatic rings. The van der Waals surface area contributed by atoms with Crippen LogP contribution < -0.4 is 0 Å². The molecule has 92 valence electrons. The highest BCUT2D eigenvalue weighted by atomic mass is 31.1. The van der Waals surface area contributed by atoms with Crippen molar-refractivity contribution in [2.24, 2.45) is 0 Å². The third-order valence-corrected chi connectivity index (χ3v) is 3.94. The molecule has 0 radical (unpaired) electrons. The summed E-state index contributed by atoms with van der Waals surface area (Å²) < 4.78 is 5.64. The molecule has 0 bridgehead atoms. The minimum atomic E-state index is 0.604. The fraction of sp³-hybridized carbons (Fsp3) is 0.333. The molecule has 0 aliphatic heterocycles. The molecule has 17 heavy (non-hydrogen) atoms. The summed E-state index contributed by atoms with van der Waals surface area (Å²) in [6, 6.07) is 10.2. The molecule has 1 rings (SSSR count). The lowest BCUT2D eigenvalue weighted by molar-refractivity contribution is 0.189. The Kier molecular flexibility index (Phi) is 6.65. The Morgan fingerprint density at radius 1 is 1.41 bits per heavy atom. The van der Waals surface area contributed by atoms with Crippen LogP contribution in [0.15, 0.2) is 55.3 Å². The van der Waals surface area contributed by atoms with Crippen molar-refractivity contribution >= 4 is 8.58 Å². The van der Waals surface area contributed by atoms with Gasteiger partial charge in [-0.3, -0.25) is 0 Å².